The van der Waals surface area contributed by atoms with Crippen molar-refractivity contribution in [2.24, 2.45) is 0 Å². The zero-order chi connectivity index (χ0) is 14.6. The average Bonchev–Trinajstić information content (AvgIpc) is 2.33. The molecule has 0 aliphatic rings. The van der Waals surface area contributed by atoms with Crippen LogP contribution in [-0.4, -0.2) is 40.9 Å². The Hall–Kier alpha value is -1.57. The lowest BCUT2D eigenvalue weighted by atomic mass is 10.4. The molecule has 1 N–H and O–H groups in total. The first kappa shape index (κ1) is 15.5. The van der Waals surface area contributed by atoms with E-state index in [1.54, 1.807) is 14.0 Å². The van der Waals surface area contributed by atoms with Crippen LogP contribution >= 0.6 is 11.6 Å². The van der Waals surface area contributed by atoms with Crippen molar-refractivity contribution in [1.29, 1.82) is 0 Å². The number of alkyl halides is 3. The summed E-state index contributed by atoms with van der Waals surface area (Å²) < 4.78 is 37.3. The van der Waals surface area contributed by atoms with E-state index in [9.17, 15) is 18.0 Å². The van der Waals surface area contributed by atoms with Gasteiger partial charge in [0.25, 0.3) is 0 Å². The summed E-state index contributed by atoms with van der Waals surface area (Å²) in [6.07, 6.45) is -4.69. The highest BCUT2D eigenvalue weighted by Gasteiger charge is 2.35. The van der Waals surface area contributed by atoms with Crippen molar-refractivity contribution in [3.63, 3.8) is 0 Å². The Morgan fingerprint density at radius 1 is 1.47 bits per heavy atom. The molecule has 0 aromatic carbocycles. The normalized spacial score (nSPS) is 11.3. The van der Waals surface area contributed by atoms with Gasteiger partial charge in [-0.25, -0.2) is 9.97 Å². The first-order chi connectivity index (χ1) is 8.74. The molecule has 1 amide bonds. The topological polar surface area (TPSA) is 58.1 Å². The van der Waals surface area contributed by atoms with Gasteiger partial charge < -0.3 is 10.2 Å². The fraction of sp³-hybridized carbons (Fsp3) is 0.500. The Kier molecular flexibility index (Phi) is 4.93. The largest absolute Gasteiger partial charge is 0.451 e. The lowest BCUT2D eigenvalue weighted by Gasteiger charge is -2.15. The minimum atomic E-state index is -4.69. The van der Waals surface area contributed by atoms with E-state index in [2.05, 4.69) is 15.3 Å². The molecule has 0 fully saturated rings. The third kappa shape index (κ3) is 4.55. The van der Waals surface area contributed by atoms with Gasteiger partial charge in [-0.15, -0.1) is 0 Å². The molecule has 106 valence electrons. The minimum Gasteiger partial charge on any atom is -0.361 e. The maximum atomic E-state index is 12.4. The summed E-state index contributed by atoms with van der Waals surface area (Å²) in [6.45, 7) is 2.11. The molecule has 0 radical (unpaired) electrons. The molecule has 0 bridgehead atoms. The van der Waals surface area contributed by atoms with Crippen LogP contribution in [0.4, 0.5) is 19.0 Å². The van der Waals surface area contributed by atoms with Gasteiger partial charge >= 0.3 is 6.18 Å². The number of hydrogen-bond donors (Lipinski definition) is 1. The standard InChI is InChI=1S/C10H12ClF3N4O/c1-3-18(2)8(19)5-15-7-4-6(11)16-9(17-7)10(12,13)14/h4H,3,5H2,1-2H3,(H,15,16,17). The molecule has 0 spiro atoms. The van der Waals surface area contributed by atoms with Crippen LogP contribution in [0.25, 0.3) is 0 Å². The molecule has 9 heteroatoms. The summed E-state index contributed by atoms with van der Waals surface area (Å²) in [4.78, 5) is 19.2. The maximum Gasteiger partial charge on any atom is 0.451 e. The summed E-state index contributed by atoms with van der Waals surface area (Å²) in [5.74, 6) is -1.77. The first-order valence-corrected chi connectivity index (χ1v) is 5.71. The van der Waals surface area contributed by atoms with E-state index in [0.29, 0.717) is 6.54 Å². The number of nitrogens with one attached hydrogen (secondary N) is 1. The highest BCUT2D eigenvalue weighted by atomic mass is 35.5. The fourth-order valence-electron chi connectivity index (χ4n) is 1.11. The average molecular weight is 297 g/mol. The van der Waals surface area contributed by atoms with Gasteiger partial charge in [0.1, 0.15) is 11.0 Å². The predicted molar refractivity (Wildman–Crippen MR) is 63.8 cm³/mol. The quantitative estimate of drug-likeness (QED) is 0.864. The Morgan fingerprint density at radius 2 is 2.11 bits per heavy atom. The second-order valence-corrected chi connectivity index (χ2v) is 4.05. The van der Waals surface area contributed by atoms with Crippen molar-refractivity contribution in [1.82, 2.24) is 14.9 Å². The molecule has 19 heavy (non-hydrogen) atoms. The van der Waals surface area contributed by atoms with E-state index in [1.165, 1.54) is 4.90 Å². The smallest absolute Gasteiger partial charge is 0.361 e. The molecule has 1 heterocycles. The SMILES string of the molecule is CCN(C)C(=O)CNc1cc(Cl)nc(C(F)(F)F)n1. The molecule has 0 saturated heterocycles. The van der Waals surface area contributed by atoms with Gasteiger partial charge in [0.05, 0.1) is 6.54 Å². The zero-order valence-corrected chi connectivity index (χ0v) is 11.0. The summed E-state index contributed by atoms with van der Waals surface area (Å²) in [7, 11) is 1.58. The molecule has 1 aromatic rings. The molecule has 0 aliphatic heterocycles. The molecule has 0 saturated carbocycles. The number of nitrogens with zero attached hydrogens (tertiary/aromatic N) is 3. The Labute approximate surface area is 112 Å². The fourth-order valence-corrected chi connectivity index (χ4v) is 1.30. The number of amides is 1. The van der Waals surface area contributed by atoms with Gasteiger partial charge in [0.15, 0.2) is 0 Å². The number of carbonyl (C=O) groups excluding carboxylic acids is 1. The van der Waals surface area contributed by atoms with Gasteiger partial charge in [-0.2, -0.15) is 13.2 Å². The van der Waals surface area contributed by atoms with E-state index in [0.717, 1.165) is 6.07 Å². The third-order valence-electron chi connectivity index (χ3n) is 2.27. The lowest BCUT2D eigenvalue weighted by molar-refractivity contribution is -0.144. The zero-order valence-electron chi connectivity index (χ0n) is 10.3. The Bertz CT molecular complexity index is 467. The third-order valence-corrected chi connectivity index (χ3v) is 2.46. The summed E-state index contributed by atoms with van der Waals surface area (Å²) in [6, 6.07) is 1.12. The second kappa shape index (κ2) is 6.05. The van der Waals surface area contributed by atoms with Crippen molar-refractivity contribution < 1.29 is 18.0 Å². The first-order valence-electron chi connectivity index (χ1n) is 5.33. The molecular weight excluding hydrogens is 285 g/mol. The van der Waals surface area contributed by atoms with Gasteiger partial charge in [0.2, 0.25) is 11.7 Å². The highest BCUT2D eigenvalue weighted by molar-refractivity contribution is 6.29. The molecule has 0 unspecified atom stereocenters. The van der Waals surface area contributed by atoms with Crippen LogP contribution in [-0.2, 0) is 11.0 Å². The van der Waals surface area contributed by atoms with E-state index in [-0.39, 0.29) is 23.4 Å². The van der Waals surface area contributed by atoms with E-state index < -0.39 is 12.0 Å². The monoisotopic (exact) mass is 296 g/mol. The maximum absolute atomic E-state index is 12.4. The summed E-state index contributed by atoms with van der Waals surface area (Å²) >= 11 is 5.47. The predicted octanol–water partition coefficient (Wildman–Crippen LogP) is 2.04. The van der Waals surface area contributed by atoms with E-state index in [1.807, 2.05) is 0 Å². The lowest BCUT2D eigenvalue weighted by Crippen LogP contribution is -2.32. The second-order valence-electron chi connectivity index (χ2n) is 3.66. The molecule has 0 aliphatic carbocycles. The molecular formula is C10H12ClF3N4O. The molecule has 5 nitrogen and oxygen atoms in total. The Morgan fingerprint density at radius 3 is 2.63 bits per heavy atom. The van der Waals surface area contributed by atoms with Crippen molar-refractivity contribution in [2.45, 2.75) is 13.1 Å². The van der Waals surface area contributed by atoms with E-state index >= 15 is 0 Å². The number of hydrogen-bond acceptors (Lipinski definition) is 4. The number of aromatic nitrogens is 2. The number of carbonyl (C=O) groups is 1. The van der Waals surface area contributed by atoms with Gasteiger partial charge in [0, 0.05) is 19.7 Å². The van der Waals surface area contributed by atoms with Gasteiger partial charge in [-0.3, -0.25) is 4.79 Å². The summed E-state index contributed by atoms with van der Waals surface area (Å²) in [5.41, 5.74) is 0. The molecule has 1 rings (SSSR count). The number of likely N-dealkylation sites (N-methyl/N-ethyl adjacent to an activating group) is 1. The van der Waals surface area contributed by atoms with Crippen LogP contribution < -0.4 is 5.32 Å². The Balaban J connectivity index is 2.80. The summed E-state index contributed by atoms with van der Waals surface area (Å²) in [5, 5.41) is 2.14. The van der Waals surface area contributed by atoms with Crippen LogP contribution in [0.1, 0.15) is 12.7 Å². The van der Waals surface area contributed by atoms with Crippen LogP contribution in [0.5, 0.6) is 0 Å². The molecule has 1 aromatic heterocycles. The number of anilines is 1. The minimum absolute atomic E-state index is 0.148. The van der Waals surface area contributed by atoms with Crippen molar-refractivity contribution in [3.8, 4) is 0 Å². The number of rotatable bonds is 4. The van der Waals surface area contributed by atoms with Crippen LogP contribution in [0.15, 0.2) is 6.07 Å². The van der Waals surface area contributed by atoms with Crippen molar-refractivity contribution in [2.75, 3.05) is 25.5 Å². The number of halogens is 4. The van der Waals surface area contributed by atoms with Crippen LogP contribution in [0, 0.1) is 0 Å². The van der Waals surface area contributed by atoms with E-state index in [4.69, 9.17) is 11.6 Å². The van der Waals surface area contributed by atoms with Crippen LogP contribution in [0.2, 0.25) is 5.15 Å². The van der Waals surface area contributed by atoms with Crippen molar-refractivity contribution >= 4 is 23.3 Å². The van der Waals surface area contributed by atoms with Gasteiger partial charge in [-0.05, 0) is 6.92 Å². The van der Waals surface area contributed by atoms with Gasteiger partial charge in [-0.1, -0.05) is 11.6 Å². The van der Waals surface area contributed by atoms with Crippen molar-refractivity contribution in [3.05, 3.63) is 17.0 Å². The molecule has 0 atom stereocenters. The highest BCUT2D eigenvalue weighted by Crippen LogP contribution is 2.28. The van der Waals surface area contributed by atoms with Crippen LogP contribution in [0.3, 0.4) is 0 Å².